The number of anilines is 1. The van der Waals surface area contributed by atoms with Crippen LogP contribution >= 0.6 is 23.4 Å². The van der Waals surface area contributed by atoms with E-state index in [2.05, 4.69) is 38.8 Å². The summed E-state index contributed by atoms with van der Waals surface area (Å²) in [7, 11) is 0. The van der Waals surface area contributed by atoms with E-state index in [9.17, 15) is 4.79 Å². The lowest BCUT2D eigenvalue weighted by Gasteiger charge is -2.09. The normalized spacial score (nSPS) is 10.7. The molecule has 1 N–H and O–H groups in total. The van der Waals surface area contributed by atoms with E-state index < -0.39 is 0 Å². The molecule has 3 rings (SSSR count). The van der Waals surface area contributed by atoms with Gasteiger partial charge >= 0.3 is 0 Å². The van der Waals surface area contributed by atoms with Gasteiger partial charge in [0.25, 0.3) is 0 Å². The molecule has 0 bridgehead atoms. The Morgan fingerprint density at radius 1 is 1.20 bits per heavy atom. The number of aryl methyl sites for hydroxylation is 3. The fourth-order valence-electron chi connectivity index (χ4n) is 3.00. The Morgan fingerprint density at radius 3 is 2.77 bits per heavy atom. The van der Waals surface area contributed by atoms with Crippen molar-refractivity contribution in [3.05, 3.63) is 83.2 Å². The number of rotatable bonds is 10. The third-order valence-electron chi connectivity index (χ3n) is 4.62. The zero-order valence-electron chi connectivity index (χ0n) is 17.0. The number of aromatic nitrogens is 3. The fraction of sp³-hybridized carbons (Fsp3) is 0.261. The molecule has 3 aromatic rings. The van der Waals surface area contributed by atoms with Gasteiger partial charge in [-0.2, -0.15) is 0 Å². The summed E-state index contributed by atoms with van der Waals surface area (Å²) < 4.78 is 2.07. The molecule has 0 unspecified atom stereocenters. The zero-order valence-corrected chi connectivity index (χ0v) is 18.5. The first kappa shape index (κ1) is 22.1. The Balaban J connectivity index is 1.55. The summed E-state index contributed by atoms with van der Waals surface area (Å²) in [6, 6.07) is 15.8. The summed E-state index contributed by atoms with van der Waals surface area (Å²) in [6.45, 7) is 6.43. The highest BCUT2D eigenvalue weighted by Gasteiger charge is 2.13. The van der Waals surface area contributed by atoms with Crippen molar-refractivity contribution in [3.63, 3.8) is 0 Å². The number of carbonyl (C=O) groups excluding carboxylic acids is 1. The fourth-order valence-corrected chi connectivity index (χ4v) is 4.08. The number of benzene rings is 2. The average molecular weight is 441 g/mol. The first-order chi connectivity index (χ1) is 14.6. The summed E-state index contributed by atoms with van der Waals surface area (Å²) in [5.74, 6) is 1.49. The minimum absolute atomic E-state index is 0.0491. The van der Waals surface area contributed by atoms with Crippen LogP contribution in [0.1, 0.15) is 23.4 Å². The molecule has 1 aromatic heterocycles. The third-order valence-corrected chi connectivity index (χ3v) is 5.82. The Hall–Kier alpha value is -2.57. The molecule has 0 aliphatic carbocycles. The molecule has 0 aliphatic rings. The van der Waals surface area contributed by atoms with E-state index in [1.54, 1.807) is 6.07 Å². The molecule has 7 heteroatoms. The molecule has 5 nitrogen and oxygen atoms in total. The van der Waals surface area contributed by atoms with Crippen molar-refractivity contribution in [3.8, 4) is 0 Å². The largest absolute Gasteiger partial charge is 0.326 e. The van der Waals surface area contributed by atoms with Gasteiger partial charge in [0.05, 0.1) is 0 Å². The Kier molecular flexibility index (Phi) is 8.11. The van der Waals surface area contributed by atoms with Crippen LogP contribution in [-0.2, 0) is 24.2 Å². The molecule has 0 aliphatic heterocycles. The smallest absolute Gasteiger partial charge is 0.225 e. The van der Waals surface area contributed by atoms with Gasteiger partial charge in [0.1, 0.15) is 5.82 Å². The zero-order chi connectivity index (χ0) is 21.3. The van der Waals surface area contributed by atoms with Crippen LogP contribution in [0.2, 0.25) is 5.02 Å². The molecule has 1 amide bonds. The number of nitrogens with one attached hydrogen (secondary N) is 1. The lowest BCUT2D eigenvalue weighted by atomic mass is 10.1. The second-order valence-electron chi connectivity index (χ2n) is 6.89. The molecular weight excluding hydrogens is 416 g/mol. The van der Waals surface area contributed by atoms with Gasteiger partial charge in [0.2, 0.25) is 5.91 Å². The highest BCUT2D eigenvalue weighted by Crippen LogP contribution is 2.22. The van der Waals surface area contributed by atoms with Crippen molar-refractivity contribution < 1.29 is 4.79 Å². The minimum Gasteiger partial charge on any atom is -0.326 e. The highest BCUT2D eigenvalue weighted by molar-refractivity contribution is 7.99. The number of hydrogen-bond donors (Lipinski definition) is 1. The van der Waals surface area contributed by atoms with Crippen molar-refractivity contribution in [2.75, 3.05) is 11.1 Å². The number of carbonyl (C=O) groups is 1. The summed E-state index contributed by atoms with van der Waals surface area (Å²) in [5, 5.41) is 13.0. The molecule has 2 aromatic carbocycles. The van der Waals surface area contributed by atoms with E-state index in [1.165, 1.54) is 17.3 Å². The molecule has 156 valence electrons. The van der Waals surface area contributed by atoms with Crippen molar-refractivity contribution in [2.45, 2.75) is 37.9 Å². The molecule has 0 saturated carbocycles. The number of halogens is 1. The maximum Gasteiger partial charge on any atom is 0.225 e. The lowest BCUT2D eigenvalue weighted by molar-refractivity contribution is -0.115. The predicted molar refractivity (Wildman–Crippen MR) is 124 cm³/mol. The molecular formula is C23H25ClN4OS. The van der Waals surface area contributed by atoms with Crippen LogP contribution in [0.15, 0.2) is 66.3 Å². The minimum atomic E-state index is -0.0491. The summed E-state index contributed by atoms with van der Waals surface area (Å²) in [6.07, 6.45) is 3.92. The first-order valence-corrected chi connectivity index (χ1v) is 11.2. The maximum absolute atomic E-state index is 12.3. The van der Waals surface area contributed by atoms with Crippen molar-refractivity contribution in [2.24, 2.45) is 0 Å². The monoisotopic (exact) mass is 440 g/mol. The maximum atomic E-state index is 12.3. The van der Waals surface area contributed by atoms with E-state index in [0.717, 1.165) is 35.1 Å². The predicted octanol–water partition coefficient (Wildman–Crippen LogP) is 5.33. The van der Waals surface area contributed by atoms with Crippen LogP contribution in [0.5, 0.6) is 0 Å². The SMILES string of the molecule is C=CCn1c(CCc2ccccc2)nnc1SCCC(=O)Nc1cc(Cl)ccc1C. The number of allylic oxidation sites excluding steroid dienone is 1. The number of amides is 1. The number of thioether (sulfide) groups is 1. The van der Waals surface area contributed by atoms with Crippen molar-refractivity contribution in [1.82, 2.24) is 14.8 Å². The summed E-state index contributed by atoms with van der Waals surface area (Å²) in [4.78, 5) is 12.3. The second kappa shape index (κ2) is 11.0. The van der Waals surface area contributed by atoms with E-state index in [0.29, 0.717) is 23.7 Å². The van der Waals surface area contributed by atoms with E-state index in [-0.39, 0.29) is 5.91 Å². The van der Waals surface area contributed by atoms with Gasteiger partial charge in [0.15, 0.2) is 5.16 Å². The molecule has 0 fully saturated rings. The third kappa shape index (κ3) is 6.21. The molecule has 30 heavy (non-hydrogen) atoms. The Labute approximate surface area is 186 Å². The molecule has 0 spiro atoms. The van der Waals surface area contributed by atoms with E-state index in [1.807, 2.05) is 43.3 Å². The van der Waals surface area contributed by atoms with Crippen LogP contribution in [0.25, 0.3) is 0 Å². The van der Waals surface area contributed by atoms with Crippen LogP contribution in [0, 0.1) is 6.92 Å². The topological polar surface area (TPSA) is 59.8 Å². The Bertz CT molecular complexity index is 1000. The quantitative estimate of drug-likeness (QED) is 0.342. The van der Waals surface area contributed by atoms with Crippen LogP contribution in [0.4, 0.5) is 5.69 Å². The van der Waals surface area contributed by atoms with Gasteiger partial charge < -0.3 is 9.88 Å². The van der Waals surface area contributed by atoms with Gasteiger partial charge in [-0.25, -0.2) is 0 Å². The molecule has 0 saturated heterocycles. The van der Waals surface area contributed by atoms with Gasteiger partial charge in [-0.3, -0.25) is 4.79 Å². The highest BCUT2D eigenvalue weighted by atomic mass is 35.5. The van der Waals surface area contributed by atoms with Crippen LogP contribution < -0.4 is 5.32 Å². The van der Waals surface area contributed by atoms with Crippen molar-refractivity contribution >= 4 is 35.0 Å². The van der Waals surface area contributed by atoms with Gasteiger partial charge in [-0.1, -0.05) is 65.8 Å². The van der Waals surface area contributed by atoms with Crippen LogP contribution in [-0.4, -0.2) is 26.4 Å². The molecule has 1 heterocycles. The average Bonchev–Trinajstić information content (AvgIpc) is 3.12. The van der Waals surface area contributed by atoms with E-state index in [4.69, 9.17) is 11.6 Å². The number of hydrogen-bond acceptors (Lipinski definition) is 4. The van der Waals surface area contributed by atoms with Gasteiger partial charge in [-0.15, -0.1) is 16.8 Å². The standard InChI is InChI=1S/C23H25ClN4OS/c1-3-14-28-21(12-10-18-7-5-4-6-8-18)26-27-23(28)30-15-13-22(29)25-20-16-19(24)11-9-17(20)2/h3-9,11,16H,1,10,12-15H2,2H3,(H,25,29). The van der Waals surface area contributed by atoms with E-state index >= 15 is 0 Å². The van der Waals surface area contributed by atoms with Crippen LogP contribution in [0.3, 0.4) is 0 Å². The summed E-state index contributed by atoms with van der Waals surface area (Å²) in [5.41, 5.74) is 3.00. The van der Waals surface area contributed by atoms with Crippen molar-refractivity contribution in [1.29, 1.82) is 0 Å². The van der Waals surface area contributed by atoms with Gasteiger partial charge in [0, 0.05) is 35.8 Å². The second-order valence-corrected chi connectivity index (χ2v) is 8.39. The molecule has 0 atom stereocenters. The number of nitrogens with zero attached hydrogens (tertiary/aromatic N) is 3. The Morgan fingerprint density at radius 2 is 2.00 bits per heavy atom. The lowest BCUT2D eigenvalue weighted by Crippen LogP contribution is -2.13. The summed E-state index contributed by atoms with van der Waals surface area (Å²) >= 11 is 7.55. The van der Waals surface area contributed by atoms with Gasteiger partial charge in [-0.05, 0) is 36.6 Å². The molecule has 0 radical (unpaired) electrons. The first-order valence-electron chi connectivity index (χ1n) is 9.82.